The molecule has 1 atom stereocenters. The Morgan fingerprint density at radius 3 is 3.09 bits per heavy atom. The molecule has 1 aliphatic carbocycles. The van der Waals surface area contributed by atoms with E-state index in [1.165, 1.54) is 5.57 Å². The van der Waals surface area contributed by atoms with Crippen LogP contribution in [0.1, 0.15) is 12.8 Å². The molecule has 0 fully saturated rings. The minimum atomic E-state index is 0.244. The molecule has 1 rings (SSSR count). The first-order chi connectivity index (χ1) is 5.33. The van der Waals surface area contributed by atoms with Gasteiger partial charge in [0, 0.05) is 6.04 Å². The Bertz CT molecular complexity index is 170. The van der Waals surface area contributed by atoms with Crippen LogP contribution in [0.25, 0.3) is 0 Å². The summed E-state index contributed by atoms with van der Waals surface area (Å²) in [5.74, 6) is 0. The highest BCUT2D eigenvalue weighted by Gasteiger charge is 2.01. The highest BCUT2D eigenvalue weighted by Crippen LogP contribution is 2.11. The highest BCUT2D eigenvalue weighted by molar-refractivity contribution is 5.24. The number of hydrogen-bond donors (Lipinski definition) is 2. The third-order valence-corrected chi connectivity index (χ3v) is 1.87. The fourth-order valence-corrected chi connectivity index (χ4v) is 1.14. The van der Waals surface area contributed by atoms with Gasteiger partial charge in [-0.05, 0) is 26.4 Å². The smallest absolute Gasteiger partial charge is 0.0262 e. The molecule has 0 saturated carbocycles. The predicted molar refractivity (Wildman–Crippen MR) is 48.4 cm³/mol. The second kappa shape index (κ2) is 4.31. The van der Waals surface area contributed by atoms with E-state index in [0.29, 0.717) is 0 Å². The third kappa shape index (κ3) is 2.87. The van der Waals surface area contributed by atoms with Crippen molar-refractivity contribution in [1.82, 2.24) is 5.32 Å². The maximum absolute atomic E-state index is 5.68. The number of allylic oxidation sites excluding steroid dienone is 1. The molecule has 2 nitrogen and oxygen atoms in total. The number of rotatable bonds is 3. The summed E-state index contributed by atoms with van der Waals surface area (Å²) in [5, 5.41) is 3.12. The molecule has 0 spiro atoms. The van der Waals surface area contributed by atoms with Gasteiger partial charge in [0.1, 0.15) is 0 Å². The minimum absolute atomic E-state index is 0.244. The van der Waals surface area contributed by atoms with Crippen LogP contribution in [0.3, 0.4) is 0 Å². The van der Waals surface area contributed by atoms with Gasteiger partial charge in [-0.2, -0.15) is 0 Å². The molecule has 0 aromatic carbocycles. The first-order valence-electron chi connectivity index (χ1n) is 4.10. The topological polar surface area (TPSA) is 38.0 Å². The largest absolute Gasteiger partial charge is 0.324 e. The van der Waals surface area contributed by atoms with Crippen LogP contribution < -0.4 is 11.1 Å². The van der Waals surface area contributed by atoms with E-state index in [1.807, 2.05) is 7.05 Å². The molecule has 0 amide bonds. The molecular weight excluding hydrogens is 136 g/mol. The maximum atomic E-state index is 5.68. The summed E-state index contributed by atoms with van der Waals surface area (Å²) >= 11 is 0. The van der Waals surface area contributed by atoms with E-state index in [-0.39, 0.29) is 6.04 Å². The molecule has 0 aromatic heterocycles. The summed E-state index contributed by atoms with van der Waals surface area (Å²) in [5.41, 5.74) is 7.08. The molecule has 0 bridgehead atoms. The van der Waals surface area contributed by atoms with Crippen molar-refractivity contribution < 1.29 is 0 Å². The van der Waals surface area contributed by atoms with Gasteiger partial charge in [0.2, 0.25) is 0 Å². The van der Waals surface area contributed by atoms with Crippen LogP contribution in [-0.4, -0.2) is 19.6 Å². The van der Waals surface area contributed by atoms with Gasteiger partial charge in [-0.3, -0.25) is 0 Å². The molecule has 0 saturated heterocycles. The van der Waals surface area contributed by atoms with Crippen molar-refractivity contribution in [1.29, 1.82) is 0 Å². The van der Waals surface area contributed by atoms with Crippen molar-refractivity contribution in [2.75, 3.05) is 13.6 Å². The second-order valence-corrected chi connectivity index (χ2v) is 2.89. The first-order valence-corrected chi connectivity index (χ1v) is 4.10. The fourth-order valence-electron chi connectivity index (χ4n) is 1.14. The maximum Gasteiger partial charge on any atom is 0.0262 e. The monoisotopic (exact) mass is 152 g/mol. The van der Waals surface area contributed by atoms with Crippen LogP contribution in [0.4, 0.5) is 0 Å². The lowest BCUT2D eigenvalue weighted by atomic mass is 10.0. The molecule has 11 heavy (non-hydrogen) atoms. The Morgan fingerprint density at radius 1 is 1.73 bits per heavy atom. The van der Waals surface area contributed by atoms with Crippen molar-refractivity contribution in [3.63, 3.8) is 0 Å². The van der Waals surface area contributed by atoms with E-state index in [2.05, 4.69) is 23.5 Å². The van der Waals surface area contributed by atoms with Crippen molar-refractivity contribution >= 4 is 0 Å². The highest BCUT2D eigenvalue weighted by atomic mass is 14.8. The van der Waals surface area contributed by atoms with Crippen LogP contribution in [0.2, 0.25) is 0 Å². The van der Waals surface area contributed by atoms with Crippen LogP contribution >= 0.6 is 0 Å². The molecule has 1 aliphatic rings. The molecule has 1 unspecified atom stereocenters. The van der Waals surface area contributed by atoms with E-state index >= 15 is 0 Å². The van der Waals surface area contributed by atoms with E-state index in [4.69, 9.17) is 5.73 Å². The van der Waals surface area contributed by atoms with Crippen LogP contribution in [0.15, 0.2) is 23.8 Å². The molecule has 62 valence electrons. The van der Waals surface area contributed by atoms with Gasteiger partial charge in [-0.25, -0.2) is 0 Å². The predicted octanol–water partition coefficient (Wildman–Crippen LogP) is 0.809. The number of nitrogens with two attached hydrogens (primary N) is 1. The normalized spacial score (nSPS) is 23.5. The van der Waals surface area contributed by atoms with Crippen molar-refractivity contribution in [2.24, 2.45) is 5.73 Å². The molecule has 3 N–H and O–H groups in total. The van der Waals surface area contributed by atoms with E-state index in [0.717, 1.165) is 19.4 Å². The van der Waals surface area contributed by atoms with Crippen LogP contribution in [-0.2, 0) is 0 Å². The summed E-state index contributed by atoms with van der Waals surface area (Å²) < 4.78 is 0. The van der Waals surface area contributed by atoms with Crippen LogP contribution in [0, 0.1) is 0 Å². The van der Waals surface area contributed by atoms with Crippen molar-refractivity contribution in [3.05, 3.63) is 23.8 Å². The first kappa shape index (κ1) is 8.50. The summed E-state index contributed by atoms with van der Waals surface area (Å²) in [7, 11) is 1.97. The van der Waals surface area contributed by atoms with Crippen molar-refractivity contribution in [3.8, 4) is 0 Å². The Kier molecular flexibility index (Phi) is 3.33. The average Bonchev–Trinajstić information content (AvgIpc) is 2.04. The second-order valence-electron chi connectivity index (χ2n) is 2.89. The van der Waals surface area contributed by atoms with Gasteiger partial charge < -0.3 is 11.1 Å². The molecule has 0 heterocycles. The Hall–Kier alpha value is -0.600. The van der Waals surface area contributed by atoms with Gasteiger partial charge in [0.25, 0.3) is 0 Å². The minimum Gasteiger partial charge on any atom is -0.324 e. The Labute approximate surface area is 68.2 Å². The fraction of sp³-hybridized carbons (Fsp3) is 0.556. The summed E-state index contributed by atoms with van der Waals surface area (Å²) in [4.78, 5) is 0. The Morgan fingerprint density at radius 2 is 2.55 bits per heavy atom. The zero-order valence-corrected chi connectivity index (χ0v) is 7.01. The lowest BCUT2D eigenvalue weighted by Crippen LogP contribution is -2.18. The van der Waals surface area contributed by atoms with E-state index in [1.54, 1.807) is 0 Å². The summed E-state index contributed by atoms with van der Waals surface area (Å²) in [6.07, 6.45) is 8.54. The standard InChI is InChI=1S/C9H16N2/c1-11-7-6-8-2-4-9(10)5-3-8/h2-4,9,11H,5-7,10H2,1H3. The van der Waals surface area contributed by atoms with Gasteiger partial charge >= 0.3 is 0 Å². The summed E-state index contributed by atoms with van der Waals surface area (Å²) in [6, 6.07) is 0.244. The van der Waals surface area contributed by atoms with Gasteiger partial charge in [-0.1, -0.05) is 23.8 Å². The molecule has 0 aliphatic heterocycles. The molecule has 2 heteroatoms. The SMILES string of the molecule is CNCCC1=CCC(N)C=C1. The zero-order valence-electron chi connectivity index (χ0n) is 7.01. The lowest BCUT2D eigenvalue weighted by molar-refractivity contribution is 0.767. The van der Waals surface area contributed by atoms with Gasteiger partial charge in [-0.15, -0.1) is 0 Å². The van der Waals surface area contributed by atoms with Crippen LogP contribution in [0.5, 0.6) is 0 Å². The third-order valence-electron chi connectivity index (χ3n) is 1.87. The average molecular weight is 152 g/mol. The number of nitrogens with one attached hydrogen (secondary N) is 1. The van der Waals surface area contributed by atoms with Gasteiger partial charge in [0.15, 0.2) is 0 Å². The van der Waals surface area contributed by atoms with Crippen molar-refractivity contribution in [2.45, 2.75) is 18.9 Å². The quantitative estimate of drug-likeness (QED) is 0.628. The Balaban J connectivity index is 2.31. The van der Waals surface area contributed by atoms with E-state index < -0.39 is 0 Å². The zero-order chi connectivity index (χ0) is 8.10. The molecule has 0 aromatic rings. The van der Waals surface area contributed by atoms with E-state index in [9.17, 15) is 0 Å². The summed E-state index contributed by atoms with van der Waals surface area (Å²) in [6.45, 7) is 1.05. The molecule has 0 radical (unpaired) electrons. The molecular formula is C9H16N2. The number of hydrogen-bond acceptors (Lipinski definition) is 2. The van der Waals surface area contributed by atoms with Gasteiger partial charge in [0.05, 0.1) is 0 Å². The lowest BCUT2D eigenvalue weighted by Gasteiger charge is -2.11.